The molecule has 2 aliphatic rings. The topological polar surface area (TPSA) is 61.8 Å². The molecule has 2 fully saturated rings. The van der Waals surface area contributed by atoms with Gasteiger partial charge in [0.2, 0.25) is 11.9 Å². The molecule has 3 heterocycles. The third kappa shape index (κ3) is 4.76. The van der Waals surface area contributed by atoms with E-state index in [1.165, 1.54) is 0 Å². The number of hydrogen-bond acceptors (Lipinski definition) is 6. The van der Waals surface area contributed by atoms with Gasteiger partial charge in [-0.2, -0.15) is 0 Å². The predicted octanol–water partition coefficient (Wildman–Crippen LogP) is 2.35. The van der Waals surface area contributed by atoms with Crippen LogP contribution in [0, 0.1) is 0 Å². The number of amides is 1. The molecular weight excluding hydrogens is 434 g/mol. The van der Waals surface area contributed by atoms with Gasteiger partial charge in [-0.1, -0.05) is 28.1 Å². The van der Waals surface area contributed by atoms with E-state index in [9.17, 15) is 4.79 Å². The fourth-order valence-electron chi connectivity index (χ4n) is 3.93. The number of hydrogen-bond donors (Lipinski definition) is 0. The van der Waals surface area contributed by atoms with Crippen LogP contribution in [0.5, 0.6) is 0 Å². The van der Waals surface area contributed by atoms with Crippen LogP contribution in [-0.4, -0.2) is 77.6 Å². The van der Waals surface area contributed by atoms with E-state index in [-0.39, 0.29) is 18.1 Å². The molecule has 2 atom stereocenters. The van der Waals surface area contributed by atoms with Crippen LogP contribution in [0.4, 0.5) is 5.95 Å². The highest BCUT2D eigenvalue weighted by Gasteiger charge is 2.32. The molecule has 1 amide bonds. The molecule has 29 heavy (non-hydrogen) atoms. The molecule has 4 rings (SSSR count). The van der Waals surface area contributed by atoms with Gasteiger partial charge in [0.05, 0.1) is 18.8 Å². The van der Waals surface area contributed by atoms with E-state index in [0.29, 0.717) is 19.7 Å². The molecule has 2 saturated heterocycles. The number of benzene rings is 1. The summed E-state index contributed by atoms with van der Waals surface area (Å²) in [7, 11) is 0. The van der Waals surface area contributed by atoms with Crippen molar-refractivity contribution >= 4 is 27.8 Å². The third-order valence-corrected chi connectivity index (χ3v) is 6.14. The van der Waals surface area contributed by atoms with Gasteiger partial charge in [-0.25, -0.2) is 9.97 Å². The number of anilines is 1. The number of piperazine rings is 1. The van der Waals surface area contributed by atoms with Crippen LogP contribution in [-0.2, 0) is 9.53 Å². The molecule has 0 radical (unpaired) electrons. The number of ether oxygens (including phenoxy) is 1. The zero-order valence-corrected chi connectivity index (χ0v) is 18.2. The molecule has 1 aromatic carbocycles. The van der Waals surface area contributed by atoms with Gasteiger partial charge in [0.15, 0.2) is 0 Å². The van der Waals surface area contributed by atoms with E-state index in [4.69, 9.17) is 4.74 Å². The van der Waals surface area contributed by atoms with E-state index in [1.54, 1.807) is 12.4 Å². The minimum Gasteiger partial charge on any atom is -0.371 e. The van der Waals surface area contributed by atoms with Crippen LogP contribution < -0.4 is 4.90 Å². The van der Waals surface area contributed by atoms with E-state index < -0.39 is 0 Å². The normalized spacial score (nSPS) is 21.8. The molecule has 2 aliphatic heterocycles. The molecule has 1 aromatic heterocycles. The summed E-state index contributed by atoms with van der Waals surface area (Å²) in [5.74, 6) is 0.922. The molecule has 8 heteroatoms. The lowest BCUT2D eigenvalue weighted by Gasteiger charge is -2.40. The van der Waals surface area contributed by atoms with Gasteiger partial charge in [-0.05, 0) is 30.7 Å². The van der Waals surface area contributed by atoms with Crippen LogP contribution in [0.15, 0.2) is 47.2 Å². The van der Waals surface area contributed by atoms with Crippen LogP contribution in [0.3, 0.4) is 0 Å². The first-order valence-corrected chi connectivity index (χ1v) is 10.8. The number of nitrogens with zero attached hydrogens (tertiary/aromatic N) is 5. The first-order chi connectivity index (χ1) is 14.1. The number of halogens is 1. The van der Waals surface area contributed by atoms with Gasteiger partial charge >= 0.3 is 0 Å². The van der Waals surface area contributed by atoms with Crippen LogP contribution in [0.2, 0.25) is 0 Å². The summed E-state index contributed by atoms with van der Waals surface area (Å²) in [6.07, 6.45) is 3.49. The molecule has 0 N–H and O–H groups in total. The van der Waals surface area contributed by atoms with E-state index in [2.05, 4.69) is 47.8 Å². The Balaban J connectivity index is 1.34. The van der Waals surface area contributed by atoms with E-state index >= 15 is 0 Å². The van der Waals surface area contributed by atoms with Crippen LogP contribution in [0.1, 0.15) is 18.6 Å². The first-order valence-electron chi connectivity index (χ1n) is 10.0. The number of morpholine rings is 1. The summed E-state index contributed by atoms with van der Waals surface area (Å²) in [6, 6.07) is 9.85. The van der Waals surface area contributed by atoms with Crippen LogP contribution in [0.25, 0.3) is 0 Å². The smallest absolute Gasteiger partial charge is 0.239 e. The fraction of sp³-hybridized carbons (Fsp3) is 0.476. The third-order valence-electron chi connectivity index (χ3n) is 5.65. The Hall–Kier alpha value is -2.03. The van der Waals surface area contributed by atoms with Gasteiger partial charge in [-0.15, -0.1) is 0 Å². The van der Waals surface area contributed by atoms with Crippen molar-refractivity contribution in [2.45, 2.75) is 19.1 Å². The standard InChI is InChI=1S/C21H26BrN5O2/c1-16(27-12-13-29-19(15-27)17-4-2-5-18(22)14-17)20(28)25-8-10-26(11-9-25)21-23-6-3-7-24-21/h2-7,14,16,19H,8-13,15H2,1H3. The maximum absolute atomic E-state index is 13.1. The second-order valence-corrected chi connectivity index (χ2v) is 8.36. The summed E-state index contributed by atoms with van der Waals surface area (Å²) < 4.78 is 7.02. The zero-order chi connectivity index (χ0) is 20.2. The maximum atomic E-state index is 13.1. The quantitative estimate of drug-likeness (QED) is 0.699. The van der Waals surface area contributed by atoms with Crippen molar-refractivity contribution in [1.82, 2.24) is 19.8 Å². The molecular formula is C21H26BrN5O2. The second-order valence-electron chi connectivity index (χ2n) is 7.45. The Morgan fingerprint density at radius 2 is 1.90 bits per heavy atom. The Kier molecular flexibility index (Phi) is 6.42. The minimum absolute atomic E-state index is 0.0106. The molecule has 0 spiro atoms. The number of carbonyl (C=O) groups excluding carboxylic acids is 1. The molecule has 7 nitrogen and oxygen atoms in total. The van der Waals surface area contributed by atoms with E-state index in [1.807, 2.05) is 30.0 Å². The highest BCUT2D eigenvalue weighted by molar-refractivity contribution is 9.10. The van der Waals surface area contributed by atoms with Crippen molar-refractivity contribution in [2.75, 3.05) is 50.8 Å². The van der Waals surface area contributed by atoms with E-state index in [0.717, 1.165) is 42.2 Å². The van der Waals surface area contributed by atoms with Gasteiger partial charge < -0.3 is 14.5 Å². The van der Waals surface area contributed by atoms with Gasteiger partial charge in [0.25, 0.3) is 0 Å². The average molecular weight is 460 g/mol. The van der Waals surface area contributed by atoms with Crippen molar-refractivity contribution in [3.63, 3.8) is 0 Å². The average Bonchev–Trinajstić information content (AvgIpc) is 2.79. The number of rotatable bonds is 4. The number of carbonyl (C=O) groups is 1. The molecule has 154 valence electrons. The Morgan fingerprint density at radius 1 is 1.14 bits per heavy atom. The minimum atomic E-state index is -0.159. The lowest BCUT2D eigenvalue weighted by molar-refractivity contribution is -0.140. The van der Waals surface area contributed by atoms with Crippen molar-refractivity contribution in [3.8, 4) is 0 Å². The van der Waals surface area contributed by atoms with Crippen molar-refractivity contribution in [2.24, 2.45) is 0 Å². The molecule has 0 bridgehead atoms. The summed E-state index contributed by atoms with van der Waals surface area (Å²) in [5.41, 5.74) is 1.14. The summed E-state index contributed by atoms with van der Waals surface area (Å²) >= 11 is 3.53. The predicted molar refractivity (Wildman–Crippen MR) is 115 cm³/mol. The van der Waals surface area contributed by atoms with Crippen molar-refractivity contribution in [3.05, 3.63) is 52.8 Å². The zero-order valence-electron chi connectivity index (χ0n) is 16.6. The largest absolute Gasteiger partial charge is 0.371 e. The SMILES string of the molecule is CC(C(=O)N1CCN(c2ncccn2)CC1)N1CCOC(c2cccc(Br)c2)C1. The van der Waals surface area contributed by atoms with Gasteiger partial charge in [-0.3, -0.25) is 9.69 Å². The summed E-state index contributed by atoms with van der Waals surface area (Å²) in [6.45, 7) is 7.04. The fourth-order valence-corrected chi connectivity index (χ4v) is 4.35. The molecule has 0 saturated carbocycles. The summed E-state index contributed by atoms with van der Waals surface area (Å²) in [5, 5.41) is 0. The molecule has 0 aliphatic carbocycles. The van der Waals surface area contributed by atoms with Gasteiger partial charge in [0.1, 0.15) is 0 Å². The molecule has 2 aromatic rings. The second kappa shape index (κ2) is 9.19. The summed E-state index contributed by atoms with van der Waals surface area (Å²) in [4.78, 5) is 28.1. The lowest BCUT2D eigenvalue weighted by Crippen LogP contribution is -2.56. The number of aromatic nitrogens is 2. The van der Waals surface area contributed by atoms with Crippen molar-refractivity contribution < 1.29 is 9.53 Å². The van der Waals surface area contributed by atoms with Crippen LogP contribution >= 0.6 is 15.9 Å². The highest BCUT2D eigenvalue weighted by Crippen LogP contribution is 2.26. The van der Waals surface area contributed by atoms with Gasteiger partial charge in [0, 0.05) is 56.1 Å². The highest BCUT2D eigenvalue weighted by atomic mass is 79.9. The molecule has 2 unspecified atom stereocenters. The monoisotopic (exact) mass is 459 g/mol. The van der Waals surface area contributed by atoms with Crippen molar-refractivity contribution in [1.29, 1.82) is 0 Å². The maximum Gasteiger partial charge on any atom is 0.239 e. The Bertz CT molecular complexity index is 829. The Labute approximate surface area is 179 Å². The lowest BCUT2D eigenvalue weighted by atomic mass is 10.1. The Morgan fingerprint density at radius 3 is 2.62 bits per heavy atom. The first kappa shape index (κ1) is 20.3.